The maximum Gasteiger partial charge on any atom is 0.243 e. The van der Waals surface area contributed by atoms with E-state index in [9.17, 15) is 13.2 Å². The van der Waals surface area contributed by atoms with Gasteiger partial charge in [0, 0.05) is 24.5 Å². The predicted molar refractivity (Wildman–Crippen MR) is 111 cm³/mol. The van der Waals surface area contributed by atoms with Crippen molar-refractivity contribution < 1.29 is 17.9 Å². The van der Waals surface area contributed by atoms with Crippen LogP contribution < -0.4 is 15.4 Å². The molecule has 7 nitrogen and oxygen atoms in total. The van der Waals surface area contributed by atoms with Crippen LogP contribution >= 0.6 is 0 Å². The predicted octanol–water partition coefficient (Wildman–Crippen LogP) is 3.08. The van der Waals surface area contributed by atoms with Crippen LogP contribution in [0.5, 0.6) is 5.75 Å². The Balaban J connectivity index is 2.08. The largest absolute Gasteiger partial charge is 0.497 e. The van der Waals surface area contributed by atoms with Crippen molar-refractivity contribution in [3.63, 3.8) is 0 Å². The number of rotatable bonds is 9. The molecule has 1 amide bonds. The quantitative estimate of drug-likeness (QED) is 0.669. The molecule has 8 heteroatoms. The molecule has 0 spiro atoms. The number of anilines is 2. The number of benzene rings is 2. The molecule has 0 aromatic heterocycles. The number of carbonyl (C=O) groups is 1. The summed E-state index contributed by atoms with van der Waals surface area (Å²) in [6.07, 6.45) is 0. The number of sulfonamides is 1. The molecule has 2 rings (SSSR count). The minimum Gasteiger partial charge on any atom is -0.497 e. The maximum atomic E-state index is 12.7. The second-order valence-corrected chi connectivity index (χ2v) is 8.13. The Morgan fingerprint density at radius 2 is 1.71 bits per heavy atom. The van der Waals surface area contributed by atoms with E-state index < -0.39 is 10.0 Å². The molecule has 2 N–H and O–H groups in total. The maximum absolute atomic E-state index is 12.7. The number of hydrogen-bond donors (Lipinski definition) is 2. The van der Waals surface area contributed by atoms with Gasteiger partial charge < -0.3 is 15.4 Å². The highest BCUT2D eigenvalue weighted by molar-refractivity contribution is 7.89. The Bertz CT molecular complexity index is 908. The molecule has 2 aromatic carbocycles. The van der Waals surface area contributed by atoms with Gasteiger partial charge in [0.25, 0.3) is 0 Å². The highest BCUT2D eigenvalue weighted by atomic mass is 32.2. The number of carbonyl (C=O) groups excluding carboxylic acids is 1. The average Bonchev–Trinajstić information content (AvgIpc) is 2.68. The smallest absolute Gasteiger partial charge is 0.243 e. The van der Waals surface area contributed by atoms with E-state index in [-0.39, 0.29) is 17.3 Å². The minimum absolute atomic E-state index is 0.0155. The highest BCUT2D eigenvalue weighted by Gasteiger charge is 2.22. The van der Waals surface area contributed by atoms with Crippen LogP contribution in [0.25, 0.3) is 0 Å². The molecule has 152 valence electrons. The highest BCUT2D eigenvalue weighted by Crippen LogP contribution is 2.23. The molecule has 0 atom stereocenters. The molecule has 0 fully saturated rings. The molecule has 0 aliphatic heterocycles. The summed E-state index contributed by atoms with van der Waals surface area (Å²) in [5, 5.41) is 5.80. The van der Waals surface area contributed by atoms with E-state index in [1.807, 2.05) is 6.92 Å². The van der Waals surface area contributed by atoms with E-state index in [2.05, 4.69) is 10.6 Å². The average molecular weight is 406 g/mol. The summed E-state index contributed by atoms with van der Waals surface area (Å²) in [4.78, 5) is 12.4. The van der Waals surface area contributed by atoms with Gasteiger partial charge in [-0.1, -0.05) is 19.9 Å². The molecule has 0 radical (unpaired) electrons. The Labute approximate surface area is 166 Å². The Hall–Kier alpha value is -2.58. The van der Waals surface area contributed by atoms with E-state index in [1.165, 1.54) is 4.31 Å². The molecule has 0 aliphatic carbocycles. The van der Waals surface area contributed by atoms with Crippen molar-refractivity contribution in [3.05, 3.63) is 48.0 Å². The molecule has 28 heavy (non-hydrogen) atoms. The zero-order valence-electron chi connectivity index (χ0n) is 16.7. The van der Waals surface area contributed by atoms with Crippen LogP contribution in [0.1, 0.15) is 19.4 Å². The molecule has 0 bridgehead atoms. The lowest BCUT2D eigenvalue weighted by molar-refractivity contribution is -0.114. The fourth-order valence-corrected chi connectivity index (χ4v) is 4.20. The van der Waals surface area contributed by atoms with E-state index >= 15 is 0 Å². The number of nitrogens with one attached hydrogen (secondary N) is 2. The third kappa shape index (κ3) is 5.24. The van der Waals surface area contributed by atoms with Crippen LogP contribution in [0.3, 0.4) is 0 Å². The number of nitrogens with zero attached hydrogens (tertiary/aromatic N) is 1. The van der Waals surface area contributed by atoms with Gasteiger partial charge in [-0.15, -0.1) is 0 Å². The topological polar surface area (TPSA) is 87.7 Å². The lowest BCUT2D eigenvalue weighted by Gasteiger charge is -2.19. The molecule has 2 aromatic rings. The first kappa shape index (κ1) is 21.7. The Morgan fingerprint density at radius 3 is 2.29 bits per heavy atom. The van der Waals surface area contributed by atoms with Crippen LogP contribution in [0.15, 0.2) is 47.4 Å². The summed E-state index contributed by atoms with van der Waals surface area (Å²) in [5.41, 5.74) is 2.12. The fraction of sp³-hybridized carbons (Fsp3) is 0.350. The second kappa shape index (κ2) is 9.57. The van der Waals surface area contributed by atoms with Crippen LogP contribution in [0.4, 0.5) is 11.4 Å². The zero-order valence-corrected chi connectivity index (χ0v) is 17.5. The first-order valence-corrected chi connectivity index (χ1v) is 10.5. The standard InChI is InChI=1S/C20H27N3O4S/c1-5-23(6-2)28(25,26)18-12-7-15(3)19(13-18)21-14-20(24)22-16-8-10-17(27-4)11-9-16/h7-13,21H,5-6,14H2,1-4H3,(H,22,24). The van der Waals surface area contributed by atoms with Crippen LogP contribution in [0.2, 0.25) is 0 Å². The SMILES string of the molecule is CCN(CC)S(=O)(=O)c1ccc(C)c(NCC(=O)Nc2ccc(OC)cc2)c1. The van der Waals surface area contributed by atoms with Crippen LogP contribution in [0, 0.1) is 6.92 Å². The minimum atomic E-state index is -3.55. The van der Waals surface area contributed by atoms with E-state index in [0.717, 1.165) is 5.56 Å². The van der Waals surface area contributed by atoms with Crippen molar-refractivity contribution >= 4 is 27.3 Å². The normalized spacial score (nSPS) is 11.3. The fourth-order valence-electron chi connectivity index (χ4n) is 2.72. The van der Waals surface area contributed by atoms with Gasteiger partial charge >= 0.3 is 0 Å². The summed E-state index contributed by atoms with van der Waals surface area (Å²) in [6, 6.07) is 11.9. The van der Waals surface area contributed by atoms with Crippen molar-refractivity contribution in [1.82, 2.24) is 4.31 Å². The summed E-state index contributed by atoms with van der Waals surface area (Å²) in [6.45, 7) is 6.29. The van der Waals surface area contributed by atoms with Gasteiger partial charge in [-0.05, 0) is 48.9 Å². The lowest BCUT2D eigenvalue weighted by atomic mass is 10.2. The molecular weight excluding hydrogens is 378 g/mol. The number of amides is 1. The first-order chi connectivity index (χ1) is 13.3. The number of hydrogen-bond acceptors (Lipinski definition) is 5. The monoisotopic (exact) mass is 405 g/mol. The van der Waals surface area contributed by atoms with Crippen molar-refractivity contribution in [3.8, 4) is 5.75 Å². The number of ether oxygens (including phenoxy) is 1. The van der Waals surface area contributed by atoms with Gasteiger partial charge in [-0.3, -0.25) is 4.79 Å². The van der Waals surface area contributed by atoms with Crippen molar-refractivity contribution in [2.45, 2.75) is 25.7 Å². The lowest BCUT2D eigenvalue weighted by Crippen LogP contribution is -2.30. The third-order valence-corrected chi connectivity index (χ3v) is 6.41. The van der Waals surface area contributed by atoms with Gasteiger partial charge in [-0.2, -0.15) is 4.31 Å². The van der Waals surface area contributed by atoms with Crippen molar-refractivity contribution in [1.29, 1.82) is 0 Å². The van der Waals surface area contributed by atoms with Crippen molar-refractivity contribution in [2.75, 3.05) is 37.4 Å². The molecule has 0 saturated carbocycles. The summed E-state index contributed by atoms with van der Waals surface area (Å²) < 4.78 is 31.9. The zero-order chi connectivity index (χ0) is 20.7. The molecular formula is C20H27N3O4S. The first-order valence-electron chi connectivity index (χ1n) is 9.10. The Kier molecular flexibility index (Phi) is 7.42. The molecule has 0 saturated heterocycles. The second-order valence-electron chi connectivity index (χ2n) is 6.20. The van der Waals surface area contributed by atoms with Gasteiger partial charge in [0.2, 0.25) is 15.9 Å². The van der Waals surface area contributed by atoms with Gasteiger partial charge in [0.05, 0.1) is 18.6 Å². The molecule has 0 unspecified atom stereocenters. The number of methoxy groups -OCH3 is 1. The summed E-state index contributed by atoms with van der Waals surface area (Å²) >= 11 is 0. The van der Waals surface area contributed by atoms with E-state index in [4.69, 9.17) is 4.74 Å². The van der Waals surface area contributed by atoms with Gasteiger partial charge in [0.1, 0.15) is 5.75 Å². The third-order valence-electron chi connectivity index (χ3n) is 4.37. The van der Waals surface area contributed by atoms with Crippen LogP contribution in [-0.4, -0.2) is 45.4 Å². The Morgan fingerprint density at radius 1 is 1.07 bits per heavy atom. The van der Waals surface area contributed by atoms with Crippen molar-refractivity contribution in [2.24, 2.45) is 0 Å². The van der Waals surface area contributed by atoms with Gasteiger partial charge in [-0.25, -0.2) is 8.42 Å². The van der Waals surface area contributed by atoms with Gasteiger partial charge in [0.15, 0.2) is 0 Å². The number of aryl methyl sites for hydroxylation is 1. The summed E-state index contributed by atoms with van der Waals surface area (Å²) in [5.74, 6) is 0.472. The van der Waals surface area contributed by atoms with E-state index in [1.54, 1.807) is 63.4 Å². The van der Waals surface area contributed by atoms with Crippen LogP contribution in [-0.2, 0) is 14.8 Å². The molecule has 0 heterocycles. The summed E-state index contributed by atoms with van der Waals surface area (Å²) in [7, 11) is -1.98. The van der Waals surface area contributed by atoms with E-state index in [0.29, 0.717) is 30.2 Å². The molecule has 0 aliphatic rings.